The van der Waals surface area contributed by atoms with Crippen molar-refractivity contribution < 1.29 is 14.3 Å². The number of carbonyl (C=O) groups is 1. The molecule has 3 N–H and O–H groups in total. The fraction of sp³-hybridized carbons (Fsp3) is 0.688. The Bertz CT molecular complexity index is 425. The van der Waals surface area contributed by atoms with Crippen molar-refractivity contribution in [3.63, 3.8) is 0 Å². The summed E-state index contributed by atoms with van der Waals surface area (Å²) in [6.07, 6.45) is 5.74. The molecule has 1 fully saturated rings. The lowest BCUT2D eigenvalue weighted by atomic mass is 9.87. The Morgan fingerprint density at radius 3 is 2.76 bits per heavy atom. The maximum absolute atomic E-state index is 11.9. The first-order valence-electron chi connectivity index (χ1n) is 7.83. The number of urea groups is 1. The Labute approximate surface area is 126 Å². The normalized spacial score (nSPS) is 25.1. The molecule has 0 spiro atoms. The zero-order valence-corrected chi connectivity index (χ0v) is 12.8. The molecular weight excluding hydrogens is 268 g/mol. The van der Waals surface area contributed by atoms with Crippen LogP contribution in [-0.4, -0.2) is 23.2 Å². The highest BCUT2D eigenvalue weighted by Gasteiger charge is 2.21. The van der Waals surface area contributed by atoms with Gasteiger partial charge in [0.25, 0.3) is 0 Å². The summed E-state index contributed by atoms with van der Waals surface area (Å²) in [5.41, 5.74) is 0. The van der Waals surface area contributed by atoms with Gasteiger partial charge in [-0.2, -0.15) is 0 Å². The quantitative estimate of drug-likeness (QED) is 0.781. The average molecular weight is 294 g/mol. The van der Waals surface area contributed by atoms with Gasteiger partial charge in [-0.15, -0.1) is 0 Å². The summed E-state index contributed by atoms with van der Waals surface area (Å²) in [7, 11) is 0. The van der Waals surface area contributed by atoms with Crippen LogP contribution in [0.5, 0.6) is 0 Å². The lowest BCUT2D eigenvalue weighted by molar-refractivity contribution is 0.129. The predicted octanol–water partition coefficient (Wildman–Crippen LogP) is 2.97. The van der Waals surface area contributed by atoms with Crippen molar-refractivity contribution in [1.29, 1.82) is 0 Å². The number of hydrogen-bond acceptors (Lipinski definition) is 3. The molecule has 1 aliphatic rings. The van der Waals surface area contributed by atoms with E-state index in [-0.39, 0.29) is 18.1 Å². The monoisotopic (exact) mass is 294 g/mol. The van der Waals surface area contributed by atoms with Gasteiger partial charge in [-0.3, -0.25) is 0 Å². The minimum atomic E-state index is -0.689. The first-order chi connectivity index (χ1) is 10.0. The molecule has 0 aliphatic heterocycles. The highest BCUT2D eigenvalue weighted by Crippen LogP contribution is 2.23. The minimum absolute atomic E-state index is 0.118. The number of aliphatic hydroxyl groups is 1. The number of aliphatic hydroxyl groups excluding tert-OH is 1. The van der Waals surface area contributed by atoms with Crippen LogP contribution in [0.25, 0.3) is 0 Å². The molecule has 2 amide bonds. The molecule has 21 heavy (non-hydrogen) atoms. The molecule has 118 valence electrons. The third-order valence-corrected chi connectivity index (χ3v) is 4.18. The molecular formula is C16H26N2O3. The van der Waals surface area contributed by atoms with E-state index in [0.29, 0.717) is 12.2 Å². The number of amides is 2. The maximum Gasteiger partial charge on any atom is 0.315 e. The van der Waals surface area contributed by atoms with Gasteiger partial charge in [-0.25, -0.2) is 4.79 Å². The SMILES string of the molecule is CC1CCC(NC(=O)NC(C)CC(O)c2ccco2)CC1. The lowest BCUT2D eigenvalue weighted by Gasteiger charge is -2.27. The van der Waals surface area contributed by atoms with E-state index in [2.05, 4.69) is 17.6 Å². The number of rotatable bonds is 5. The van der Waals surface area contributed by atoms with Crippen molar-refractivity contribution in [2.45, 2.75) is 64.1 Å². The fourth-order valence-electron chi connectivity index (χ4n) is 2.85. The smallest absolute Gasteiger partial charge is 0.315 e. The predicted molar refractivity (Wildman–Crippen MR) is 80.8 cm³/mol. The van der Waals surface area contributed by atoms with E-state index in [1.807, 2.05) is 6.92 Å². The summed E-state index contributed by atoms with van der Waals surface area (Å²) in [6, 6.07) is 3.50. The third-order valence-electron chi connectivity index (χ3n) is 4.18. The van der Waals surface area contributed by atoms with Crippen molar-refractivity contribution in [3.05, 3.63) is 24.2 Å². The molecule has 0 saturated heterocycles. The van der Waals surface area contributed by atoms with Crippen LogP contribution in [0.15, 0.2) is 22.8 Å². The zero-order chi connectivity index (χ0) is 15.2. The van der Waals surface area contributed by atoms with E-state index in [1.54, 1.807) is 12.1 Å². The van der Waals surface area contributed by atoms with E-state index in [0.717, 1.165) is 18.8 Å². The Morgan fingerprint density at radius 1 is 1.43 bits per heavy atom. The molecule has 2 rings (SSSR count). The van der Waals surface area contributed by atoms with Gasteiger partial charge in [0.15, 0.2) is 0 Å². The van der Waals surface area contributed by atoms with E-state index in [4.69, 9.17) is 4.42 Å². The van der Waals surface area contributed by atoms with Gasteiger partial charge in [0, 0.05) is 18.5 Å². The molecule has 0 radical (unpaired) electrons. The Hall–Kier alpha value is -1.49. The fourth-order valence-corrected chi connectivity index (χ4v) is 2.85. The number of carbonyl (C=O) groups excluding carboxylic acids is 1. The molecule has 1 saturated carbocycles. The summed E-state index contributed by atoms with van der Waals surface area (Å²) < 4.78 is 5.15. The minimum Gasteiger partial charge on any atom is -0.467 e. The second-order valence-corrected chi connectivity index (χ2v) is 6.24. The van der Waals surface area contributed by atoms with Gasteiger partial charge in [0.2, 0.25) is 0 Å². The van der Waals surface area contributed by atoms with Gasteiger partial charge >= 0.3 is 6.03 Å². The molecule has 1 heterocycles. The topological polar surface area (TPSA) is 74.5 Å². The second kappa shape index (κ2) is 7.50. The Balaban J connectivity index is 1.69. The van der Waals surface area contributed by atoms with Gasteiger partial charge < -0.3 is 20.2 Å². The Morgan fingerprint density at radius 2 is 2.14 bits per heavy atom. The molecule has 5 nitrogen and oxygen atoms in total. The highest BCUT2D eigenvalue weighted by molar-refractivity contribution is 5.74. The van der Waals surface area contributed by atoms with Crippen molar-refractivity contribution >= 4 is 6.03 Å². The summed E-state index contributed by atoms with van der Waals surface area (Å²) >= 11 is 0. The van der Waals surface area contributed by atoms with Crippen LogP contribution >= 0.6 is 0 Å². The highest BCUT2D eigenvalue weighted by atomic mass is 16.4. The molecule has 0 aromatic carbocycles. The molecule has 0 bridgehead atoms. The summed E-state index contributed by atoms with van der Waals surface area (Å²) in [5.74, 6) is 1.30. The summed E-state index contributed by atoms with van der Waals surface area (Å²) in [6.45, 7) is 4.14. The Kier molecular flexibility index (Phi) is 5.67. The van der Waals surface area contributed by atoms with Crippen LogP contribution in [0, 0.1) is 5.92 Å². The first-order valence-corrected chi connectivity index (χ1v) is 7.83. The van der Waals surface area contributed by atoms with Gasteiger partial charge in [0.1, 0.15) is 11.9 Å². The number of nitrogens with one attached hydrogen (secondary N) is 2. The first kappa shape index (κ1) is 15.9. The van der Waals surface area contributed by atoms with Crippen molar-refractivity contribution in [1.82, 2.24) is 10.6 Å². The molecule has 1 aromatic heterocycles. The summed E-state index contributed by atoms with van der Waals surface area (Å²) in [5, 5.41) is 15.9. The molecule has 1 aromatic rings. The number of hydrogen-bond donors (Lipinski definition) is 3. The third kappa shape index (κ3) is 5.08. The van der Waals surface area contributed by atoms with E-state index < -0.39 is 6.10 Å². The lowest BCUT2D eigenvalue weighted by Crippen LogP contribution is -2.46. The van der Waals surface area contributed by atoms with Crippen molar-refractivity contribution in [2.24, 2.45) is 5.92 Å². The van der Waals surface area contributed by atoms with Crippen molar-refractivity contribution in [2.75, 3.05) is 0 Å². The van der Waals surface area contributed by atoms with Crippen LogP contribution in [0.3, 0.4) is 0 Å². The maximum atomic E-state index is 11.9. The van der Waals surface area contributed by atoms with Crippen LogP contribution in [0.1, 0.15) is 57.8 Å². The van der Waals surface area contributed by atoms with E-state index in [1.165, 1.54) is 19.1 Å². The van der Waals surface area contributed by atoms with Crippen LogP contribution in [-0.2, 0) is 0 Å². The average Bonchev–Trinajstić information content (AvgIpc) is 2.95. The van der Waals surface area contributed by atoms with Gasteiger partial charge in [-0.05, 0) is 50.7 Å². The van der Waals surface area contributed by atoms with Gasteiger partial charge in [-0.1, -0.05) is 6.92 Å². The van der Waals surface area contributed by atoms with E-state index in [9.17, 15) is 9.90 Å². The van der Waals surface area contributed by atoms with Gasteiger partial charge in [0.05, 0.1) is 6.26 Å². The van der Waals surface area contributed by atoms with Crippen LogP contribution in [0.4, 0.5) is 4.79 Å². The zero-order valence-electron chi connectivity index (χ0n) is 12.8. The van der Waals surface area contributed by atoms with Crippen molar-refractivity contribution in [3.8, 4) is 0 Å². The van der Waals surface area contributed by atoms with Crippen LogP contribution in [0.2, 0.25) is 0 Å². The molecule has 5 heteroatoms. The molecule has 1 aliphatic carbocycles. The molecule has 2 unspecified atom stereocenters. The van der Waals surface area contributed by atoms with Crippen LogP contribution < -0.4 is 10.6 Å². The molecule has 2 atom stereocenters. The largest absolute Gasteiger partial charge is 0.467 e. The second-order valence-electron chi connectivity index (χ2n) is 6.24. The number of furan rings is 1. The standard InChI is InChI=1S/C16H26N2O3/c1-11-5-7-13(8-6-11)18-16(20)17-12(2)10-14(19)15-4-3-9-21-15/h3-4,9,11-14,19H,5-8,10H2,1-2H3,(H2,17,18,20). The van der Waals surface area contributed by atoms with E-state index >= 15 is 0 Å². The summed E-state index contributed by atoms with van der Waals surface area (Å²) in [4.78, 5) is 11.9.